The predicted octanol–water partition coefficient (Wildman–Crippen LogP) is 4.19. The normalized spacial score (nSPS) is 11.1. The maximum atomic E-state index is 3.48. The highest BCUT2D eigenvalue weighted by Gasteiger charge is 2.06. The van der Waals surface area contributed by atoms with E-state index in [2.05, 4.69) is 73.7 Å². The minimum absolute atomic E-state index is 0.524. The number of anilines is 1. The fourth-order valence-corrected chi connectivity index (χ4v) is 2.91. The van der Waals surface area contributed by atoms with Crippen molar-refractivity contribution in [2.24, 2.45) is 0 Å². The summed E-state index contributed by atoms with van der Waals surface area (Å²) in [6.07, 6.45) is 0. The molecule has 0 unspecified atom stereocenters. The summed E-state index contributed by atoms with van der Waals surface area (Å²) in [4.78, 5) is 3.70. The number of aryl methyl sites for hydroxylation is 1. The Labute approximate surface area is 126 Å². The van der Waals surface area contributed by atoms with Crippen LogP contribution in [0.15, 0.2) is 35.7 Å². The van der Waals surface area contributed by atoms with Gasteiger partial charge >= 0.3 is 0 Å². The van der Waals surface area contributed by atoms with Crippen molar-refractivity contribution >= 4 is 17.0 Å². The molecule has 2 rings (SSSR count). The Bertz CT molecular complexity index is 532. The van der Waals surface area contributed by atoms with Gasteiger partial charge in [0.15, 0.2) is 0 Å². The van der Waals surface area contributed by atoms with Gasteiger partial charge in [-0.1, -0.05) is 26.0 Å². The van der Waals surface area contributed by atoms with Crippen LogP contribution < -0.4 is 10.2 Å². The van der Waals surface area contributed by atoms with Crippen LogP contribution in [0.1, 0.15) is 29.9 Å². The number of nitrogens with zero attached hydrogens (tertiary/aromatic N) is 1. The first kappa shape index (κ1) is 15.1. The minimum Gasteiger partial charge on any atom is -0.369 e. The summed E-state index contributed by atoms with van der Waals surface area (Å²) in [6, 6.07) is 11.6. The van der Waals surface area contributed by atoms with Crippen LogP contribution >= 0.6 is 11.3 Å². The third kappa shape index (κ3) is 4.09. The van der Waals surface area contributed by atoms with Crippen molar-refractivity contribution in [1.29, 1.82) is 0 Å². The quantitative estimate of drug-likeness (QED) is 0.857. The van der Waals surface area contributed by atoms with Crippen LogP contribution in [0.2, 0.25) is 0 Å². The van der Waals surface area contributed by atoms with E-state index >= 15 is 0 Å². The van der Waals surface area contributed by atoms with Crippen molar-refractivity contribution in [2.75, 3.05) is 11.9 Å². The molecule has 1 aromatic carbocycles. The fraction of sp³-hybridized carbons (Fsp3) is 0.412. The molecule has 1 N–H and O–H groups in total. The maximum absolute atomic E-state index is 3.48. The average molecular weight is 288 g/mol. The van der Waals surface area contributed by atoms with Gasteiger partial charge in [0.05, 0.1) is 6.54 Å². The number of hydrogen-bond donors (Lipinski definition) is 1. The van der Waals surface area contributed by atoms with E-state index < -0.39 is 0 Å². The number of rotatable bonds is 6. The highest BCUT2D eigenvalue weighted by atomic mass is 32.1. The smallest absolute Gasteiger partial charge is 0.0519 e. The lowest BCUT2D eigenvalue weighted by Gasteiger charge is -2.20. The topological polar surface area (TPSA) is 15.3 Å². The average Bonchev–Trinajstić information content (AvgIpc) is 2.89. The lowest BCUT2D eigenvalue weighted by atomic mass is 10.1. The van der Waals surface area contributed by atoms with Crippen molar-refractivity contribution in [3.63, 3.8) is 0 Å². The summed E-state index contributed by atoms with van der Waals surface area (Å²) in [5, 5.41) is 5.61. The van der Waals surface area contributed by atoms with Gasteiger partial charge in [-0.05, 0) is 41.6 Å². The zero-order valence-corrected chi connectivity index (χ0v) is 13.6. The number of benzene rings is 1. The monoisotopic (exact) mass is 288 g/mol. The zero-order chi connectivity index (χ0) is 14.5. The first-order valence-corrected chi connectivity index (χ1v) is 8.00. The summed E-state index contributed by atoms with van der Waals surface area (Å²) in [5.41, 5.74) is 4.02. The van der Waals surface area contributed by atoms with E-state index in [0.717, 1.165) is 13.1 Å². The molecule has 2 nitrogen and oxygen atoms in total. The third-order valence-corrected chi connectivity index (χ3v) is 4.30. The van der Waals surface area contributed by atoms with Crippen LogP contribution in [0.25, 0.3) is 0 Å². The molecule has 0 radical (unpaired) electrons. The molecule has 0 spiro atoms. The highest BCUT2D eigenvalue weighted by Crippen LogP contribution is 2.21. The Balaban J connectivity index is 2.04. The molecule has 0 aliphatic rings. The van der Waals surface area contributed by atoms with E-state index in [1.54, 1.807) is 0 Å². The molecular formula is C17H24N2S. The summed E-state index contributed by atoms with van der Waals surface area (Å²) >= 11 is 1.81. The SMILES string of the molecule is Cc1cc(N(C)Cc2cccs2)ccc1CNC(C)C. The largest absolute Gasteiger partial charge is 0.369 e. The van der Waals surface area contributed by atoms with Crippen LogP contribution in [0.5, 0.6) is 0 Å². The molecule has 0 aliphatic heterocycles. The van der Waals surface area contributed by atoms with Crippen molar-refractivity contribution in [3.05, 3.63) is 51.7 Å². The maximum Gasteiger partial charge on any atom is 0.0519 e. The van der Waals surface area contributed by atoms with Gasteiger partial charge in [-0.15, -0.1) is 11.3 Å². The van der Waals surface area contributed by atoms with Gasteiger partial charge in [-0.3, -0.25) is 0 Å². The molecule has 0 aliphatic carbocycles. The van der Waals surface area contributed by atoms with Crippen LogP contribution in [-0.2, 0) is 13.1 Å². The molecule has 108 valence electrons. The van der Waals surface area contributed by atoms with E-state index in [4.69, 9.17) is 0 Å². The van der Waals surface area contributed by atoms with Gasteiger partial charge in [0.2, 0.25) is 0 Å². The highest BCUT2D eigenvalue weighted by molar-refractivity contribution is 7.09. The van der Waals surface area contributed by atoms with Gasteiger partial charge in [-0.2, -0.15) is 0 Å². The Hall–Kier alpha value is -1.32. The summed E-state index contributed by atoms with van der Waals surface area (Å²) in [5.74, 6) is 0. The number of nitrogens with one attached hydrogen (secondary N) is 1. The van der Waals surface area contributed by atoms with E-state index in [0.29, 0.717) is 6.04 Å². The number of thiophene rings is 1. The Morgan fingerprint density at radius 1 is 1.25 bits per heavy atom. The van der Waals surface area contributed by atoms with E-state index in [1.165, 1.54) is 21.7 Å². The van der Waals surface area contributed by atoms with Crippen LogP contribution in [-0.4, -0.2) is 13.1 Å². The number of hydrogen-bond acceptors (Lipinski definition) is 3. The molecule has 1 aromatic heterocycles. The lowest BCUT2D eigenvalue weighted by Crippen LogP contribution is -2.22. The van der Waals surface area contributed by atoms with Crippen molar-refractivity contribution in [3.8, 4) is 0 Å². The van der Waals surface area contributed by atoms with Gasteiger partial charge in [0, 0.05) is 30.2 Å². The Morgan fingerprint density at radius 3 is 2.65 bits per heavy atom. The van der Waals surface area contributed by atoms with E-state index in [9.17, 15) is 0 Å². The van der Waals surface area contributed by atoms with Crippen LogP contribution in [0, 0.1) is 6.92 Å². The molecule has 0 bridgehead atoms. The molecular weight excluding hydrogens is 264 g/mol. The van der Waals surface area contributed by atoms with Gasteiger partial charge < -0.3 is 10.2 Å². The predicted molar refractivity (Wildman–Crippen MR) is 89.6 cm³/mol. The molecule has 3 heteroatoms. The van der Waals surface area contributed by atoms with Crippen molar-refractivity contribution < 1.29 is 0 Å². The van der Waals surface area contributed by atoms with E-state index in [-0.39, 0.29) is 0 Å². The van der Waals surface area contributed by atoms with Gasteiger partial charge in [0.25, 0.3) is 0 Å². The Kier molecular flexibility index (Phi) is 5.21. The first-order chi connectivity index (χ1) is 9.56. The van der Waals surface area contributed by atoms with Crippen molar-refractivity contribution in [1.82, 2.24) is 5.32 Å². The minimum atomic E-state index is 0.524. The molecule has 0 saturated carbocycles. The van der Waals surface area contributed by atoms with Gasteiger partial charge in [0.1, 0.15) is 0 Å². The Morgan fingerprint density at radius 2 is 2.05 bits per heavy atom. The molecule has 2 aromatic rings. The molecule has 0 saturated heterocycles. The second-order valence-electron chi connectivity index (χ2n) is 5.58. The first-order valence-electron chi connectivity index (χ1n) is 7.12. The fourth-order valence-electron chi connectivity index (χ4n) is 2.16. The standard InChI is InChI=1S/C17H24N2S/c1-13(2)18-11-15-7-8-16(10-14(15)3)19(4)12-17-6-5-9-20-17/h5-10,13,18H,11-12H2,1-4H3. The van der Waals surface area contributed by atoms with Crippen LogP contribution in [0.3, 0.4) is 0 Å². The molecule has 0 fully saturated rings. The van der Waals surface area contributed by atoms with E-state index in [1.807, 2.05) is 11.3 Å². The van der Waals surface area contributed by atoms with Crippen molar-refractivity contribution in [2.45, 2.75) is 39.9 Å². The summed E-state index contributed by atoms with van der Waals surface area (Å²) in [6.45, 7) is 8.47. The molecule has 20 heavy (non-hydrogen) atoms. The molecule has 0 atom stereocenters. The molecule has 1 heterocycles. The zero-order valence-electron chi connectivity index (χ0n) is 12.8. The lowest BCUT2D eigenvalue weighted by molar-refractivity contribution is 0.587. The summed E-state index contributed by atoms with van der Waals surface area (Å²) < 4.78 is 0. The molecule has 0 amide bonds. The summed E-state index contributed by atoms with van der Waals surface area (Å²) in [7, 11) is 2.15. The second-order valence-corrected chi connectivity index (χ2v) is 6.61. The van der Waals surface area contributed by atoms with Crippen LogP contribution in [0.4, 0.5) is 5.69 Å². The third-order valence-electron chi connectivity index (χ3n) is 3.44. The van der Waals surface area contributed by atoms with Gasteiger partial charge in [-0.25, -0.2) is 0 Å². The second kappa shape index (κ2) is 6.91.